The first-order valence-corrected chi connectivity index (χ1v) is 8.44. The van der Waals surface area contributed by atoms with Crippen LogP contribution in [-0.2, 0) is 13.5 Å². The zero-order chi connectivity index (χ0) is 16.7. The van der Waals surface area contributed by atoms with Gasteiger partial charge >= 0.3 is 0 Å². The number of rotatable bonds is 4. The van der Waals surface area contributed by atoms with Gasteiger partial charge in [0.05, 0.1) is 10.2 Å². The molecule has 122 valence electrons. The van der Waals surface area contributed by atoms with Gasteiger partial charge in [-0.1, -0.05) is 17.4 Å². The van der Waals surface area contributed by atoms with Crippen LogP contribution in [0.1, 0.15) is 11.4 Å². The quantitative estimate of drug-likeness (QED) is 0.615. The summed E-state index contributed by atoms with van der Waals surface area (Å²) in [4.78, 5) is 16.6. The van der Waals surface area contributed by atoms with Gasteiger partial charge in [0.15, 0.2) is 5.13 Å². The van der Waals surface area contributed by atoms with E-state index < -0.39 is 0 Å². The van der Waals surface area contributed by atoms with E-state index in [1.165, 1.54) is 14.8 Å². The molecule has 0 unspecified atom stereocenters. The molecule has 24 heavy (non-hydrogen) atoms. The number of nitrogens with one attached hydrogen (secondary N) is 1. The molecule has 0 fully saturated rings. The molecule has 0 saturated carbocycles. The third-order valence-corrected chi connectivity index (χ3v) is 4.88. The first-order chi connectivity index (χ1) is 11.6. The van der Waals surface area contributed by atoms with Crippen LogP contribution in [0.15, 0.2) is 35.4 Å². The first kappa shape index (κ1) is 14.8. The molecule has 0 saturated heterocycles. The molecule has 0 aliphatic rings. The van der Waals surface area contributed by atoms with Gasteiger partial charge in [0, 0.05) is 32.4 Å². The van der Waals surface area contributed by atoms with E-state index in [0.717, 1.165) is 16.5 Å². The number of nitrogens with zero attached hydrogens (tertiary/aromatic N) is 5. The lowest BCUT2D eigenvalue weighted by Gasteiger charge is -2.02. The lowest BCUT2D eigenvalue weighted by Crippen LogP contribution is -2.19. The van der Waals surface area contributed by atoms with E-state index in [-0.39, 0.29) is 5.56 Å². The van der Waals surface area contributed by atoms with E-state index in [9.17, 15) is 4.79 Å². The van der Waals surface area contributed by atoms with E-state index in [4.69, 9.17) is 0 Å². The van der Waals surface area contributed by atoms with Crippen molar-refractivity contribution < 1.29 is 0 Å². The normalized spacial score (nSPS) is 11.4. The third-order valence-electron chi connectivity index (χ3n) is 3.89. The zero-order valence-electron chi connectivity index (χ0n) is 13.4. The maximum atomic E-state index is 12.0. The van der Waals surface area contributed by atoms with Gasteiger partial charge in [0.25, 0.3) is 5.56 Å². The fourth-order valence-electron chi connectivity index (χ4n) is 2.58. The summed E-state index contributed by atoms with van der Waals surface area (Å²) in [5, 5.41) is 12.3. The van der Waals surface area contributed by atoms with Crippen LogP contribution in [-0.4, -0.2) is 30.7 Å². The highest BCUT2D eigenvalue weighted by Gasteiger charge is 2.09. The first-order valence-electron chi connectivity index (χ1n) is 7.62. The number of hydrogen-bond acceptors (Lipinski definition) is 6. The van der Waals surface area contributed by atoms with Crippen LogP contribution in [0, 0.1) is 6.92 Å². The third kappa shape index (κ3) is 2.54. The van der Waals surface area contributed by atoms with Gasteiger partial charge in [0.1, 0.15) is 5.82 Å². The van der Waals surface area contributed by atoms with Crippen LogP contribution in [0.5, 0.6) is 0 Å². The number of anilines is 1. The molecular formula is C16H16N6OS. The molecule has 0 spiro atoms. The fourth-order valence-corrected chi connectivity index (χ4v) is 3.45. The molecule has 3 aromatic heterocycles. The Morgan fingerprint density at radius 3 is 3.00 bits per heavy atom. The Balaban J connectivity index is 1.50. The number of fused-ring (bicyclic) bond motifs is 2. The summed E-state index contributed by atoms with van der Waals surface area (Å²) in [6.07, 6.45) is 4.18. The fraction of sp³-hybridized carbons (Fsp3) is 0.250. The van der Waals surface area contributed by atoms with Gasteiger partial charge < -0.3 is 9.88 Å². The second-order valence-corrected chi connectivity index (χ2v) is 6.72. The maximum Gasteiger partial charge on any atom is 0.295 e. The van der Waals surface area contributed by atoms with Crippen LogP contribution >= 0.6 is 11.3 Å². The lowest BCUT2D eigenvalue weighted by atomic mass is 10.2. The minimum atomic E-state index is -0.147. The number of aromatic nitrogens is 5. The van der Waals surface area contributed by atoms with Gasteiger partial charge in [-0.3, -0.25) is 9.20 Å². The molecule has 4 rings (SSSR count). The summed E-state index contributed by atoms with van der Waals surface area (Å²) >= 11 is 1.63. The van der Waals surface area contributed by atoms with Crippen LogP contribution in [0.25, 0.3) is 15.9 Å². The average molecular weight is 340 g/mol. The lowest BCUT2D eigenvalue weighted by molar-refractivity contribution is 0.823. The van der Waals surface area contributed by atoms with Crippen LogP contribution in [0.2, 0.25) is 0 Å². The predicted molar refractivity (Wildman–Crippen MR) is 94.8 cm³/mol. The molecule has 1 aromatic carbocycles. The molecule has 0 aliphatic carbocycles. The molecule has 0 bridgehead atoms. The number of hydrogen-bond donors (Lipinski definition) is 1. The van der Waals surface area contributed by atoms with Crippen molar-refractivity contribution in [3.8, 4) is 0 Å². The maximum absolute atomic E-state index is 12.0. The minimum Gasteiger partial charge on any atom is -0.361 e. The van der Waals surface area contributed by atoms with Gasteiger partial charge in [-0.25, -0.2) is 4.98 Å². The highest BCUT2D eigenvalue weighted by molar-refractivity contribution is 7.22. The van der Waals surface area contributed by atoms with E-state index in [2.05, 4.69) is 45.6 Å². The van der Waals surface area contributed by atoms with Gasteiger partial charge in [-0.15, -0.1) is 10.2 Å². The van der Waals surface area contributed by atoms with E-state index in [1.807, 2.05) is 6.20 Å². The van der Waals surface area contributed by atoms with Crippen molar-refractivity contribution in [2.24, 2.45) is 7.05 Å². The molecular weight excluding hydrogens is 324 g/mol. The summed E-state index contributed by atoms with van der Waals surface area (Å²) in [6, 6.07) is 6.27. The molecule has 4 aromatic rings. The number of benzene rings is 1. The van der Waals surface area contributed by atoms with E-state index in [0.29, 0.717) is 18.6 Å². The van der Waals surface area contributed by atoms with Crippen molar-refractivity contribution in [3.63, 3.8) is 0 Å². The average Bonchev–Trinajstić information content (AvgIpc) is 3.15. The molecule has 8 heteroatoms. The second-order valence-electron chi connectivity index (χ2n) is 5.69. The van der Waals surface area contributed by atoms with Crippen LogP contribution < -0.4 is 10.9 Å². The highest BCUT2D eigenvalue weighted by atomic mass is 32.1. The zero-order valence-corrected chi connectivity index (χ0v) is 14.2. The molecule has 0 amide bonds. The van der Waals surface area contributed by atoms with Crippen molar-refractivity contribution in [2.45, 2.75) is 13.3 Å². The molecule has 0 aliphatic heterocycles. The largest absolute Gasteiger partial charge is 0.361 e. The summed E-state index contributed by atoms with van der Waals surface area (Å²) < 4.78 is 4.40. The Labute approximate surface area is 141 Å². The Hall–Kier alpha value is -2.74. The van der Waals surface area contributed by atoms with Crippen molar-refractivity contribution in [1.29, 1.82) is 0 Å². The van der Waals surface area contributed by atoms with Crippen molar-refractivity contribution in [1.82, 2.24) is 24.1 Å². The van der Waals surface area contributed by atoms with Crippen molar-refractivity contribution in [2.75, 3.05) is 11.9 Å². The monoisotopic (exact) mass is 340 g/mol. The molecule has 7 nitrogen and oxygen atoms in total. The van der Waals surface area contributed by atoms with Crippen molar-refractivity contribution >= 4 is 32.3 Å². The van der Waals surface area contributed by atoms with Crippen molar-refractivity contribution in [3.05, 3.63) is 52.3 Å². The Kier molecular flexibility index (Phi) is 3.53. The highest BCUT2D eigenvalue weighted by Crippen LogP contribution is 2.26. The number of aryl methyl sites for hydroxylation is 2. The van der Waals surface area contributed by atoms with Crippen LogP contribution in [0.3, 0.4) is 0 Å². The Morgan fingerprint density at radius 2 is 2.12 bits per heavy atom. The van der Waals surface area contributed by atoms with E-state index >= 15 is 0 Å². The summed E-state index contributed by atoms with van der Waals surface area (Å²) in [5.41, 5.74) is 2.42. The Morgan fingerprint density at radius 1 is 1.25 bits per heavy atom. The summed E-state index contributed by atoms with van der Waals surface area (Å²) in [7, 11) is 1.70. The predicted octanol–water partition coefficient (Wildman–Crippen LogP) is 2.00. The molecule has 0 atom stereocenters. The van der Waals surface area contributed by atoms with Crippen LogP contribution in [0.4, 0.5) is 5.13 Å². The summed E-state index contributed by atoms with van der Waals surface area (Å²) in [6.45, 7) is 2.74. The SMILES string of the molecule is Cc1ccc2sc(NCCc3nnc4c(=O)n(C)ccn34)nc2c1. The molecule has 0 radical (unpaired) electrons. The smallest absolute Gasteiger partial charge is 0.295 e. The minimum absolute atomic E-state index is 0.147. The number of thiazole rings is 1. The Bertz CT molecular complexity index is 1090. The van der Waals surface area contributed by atoms with E-state index in [1.54, 1.807) is 29.0 Å². The molecule has 3 heterocycles. The van der Waals surface area contributed by atoms with Gasteiger partial charge in [-0.2, -0.15) is 0 Å². The standard InChI is InChI=1S/C16H16N6OS/c1-10-3-4-12-11(9-10)18-16(24-12)17-6-5-13-19-20-14-15(23)21(2)7-8-22(13)14/h3-4,7-9H,5-6H2,1-2H3,(H,17,18). The van der Waals surface area contributed by atoms with Gasteiger partial charge in [-0.05, 0) is 24.6 Å². The summed E-state index contributed by atoms with van der Waals surface area (Å²) in [5.74, 6) is 0.757. The second kappa shape index (κ2) is 5.72. The van der Waals surface area contributed by atoms with Gasteiger partial charge in [0.2, 0.25) is 5.65 Å². The molecule has 1 N–H and O–H groups in total. The topological polar surface area (TPSA) is 77.1 Å².